The summed E-state index contributed by atoms with van der Waals surface area (Å²) in [4.78, 5) is 0. The number of para-hydroxylation sites is 1. The van der Waals surface area contributed by atoms with Crippen LogP contribution < -0.4 is 10.1 Å². The zero-order valence-corrected chi connectivity index (χ0v) is 14.0. The molecule has 1 aromatic carbocycles. The van der Waals surface area contributed by atoms with Crippen LogP contribution in [0.4, 0.5) is 0 Å². The molecule has 0 saturated heterocycles. The minimum atomic E-state index is -2.92. The fraction of sp³-hybridized carbons (Fsp3) is 0.571. The summed E-state index contributed by atoms with van der Waals surface area (Å²) >= 11 is 3.49. The molecule has 20 heavy (non-hydrogen) atoms. The SMILES string of the molecule is CS(=O)(=O)CCCOc1c(Br)cccc1CNC1CC1. The van der Waals surface area contributed by atoms with E-state index in [1.54, 1.807) is 0 Å². The molecule has 0 unspecified atom stereocenters. The number of sulfone groups is 1. The van der Waals surface area contributed by atoms with Gasteiger partial charge >= 0.3 is 0 Å². The van der Waals surface area contributed by atoms with Gasteiger partial charge in [-0.05, 0) is 41.3 Å². The summed E-state index contributed by atoms with van der Waals surface area (Å²) in [7, 11) is -2.92. The lowest BCUT2D eigenvalue weighted by Crippen LogP contribution is -2.16. The van der Waals surface area contributed by atoms with E-state index in [1.807, 2.05) is 18.2 Å². The van der Waals surface area contributed by atoms with Gasteiger partial charge in [-0.2, -0.15) is 0 Å². The minimum absolute atomic E-state index is 0.160. The Labute approximate surface area is 129 Å². The van der Waals surface area contributed by atoms with E-state index in [0.29, 0.717) is 19.1 Å². The maximum absolute atomic E-state index is 11.1. The summed E-state index contributed by atoms with van der Waals surface area (Å²) in [5, 5.41) is 3.46. The van der Waals surface area contributed by atoms with Crippen LogP contribution >= 0.6 is 15.9 Å². The van der Waals surface area contributed by atoms with Crippen LogP contribution in [0.3, 0.4) is 0 Å². The zero-order chi connectivity index (χ0) is 14.6. The molecule has 6 heteroatoms. The van der Waals surface area contributed by atoms with Gasteiger partial charge in [-0.3, -0.25) is 0 Å². The molecular weight excluding hydrogens is 342 g/mol. The number of ether oxygens (including phenoxy) is 1. The zero-order valence-electron chi connectivity index (χ0n) is 11.6. The van der Waals surface area contributed by atoms with Crippen LogP contribution in [0.1, 0.15) is 24.8 Å². The molecule has 0 heterocycles. The Kier molecular flexibility index (Phi) is 5.46. The normalized spacial score (nSPS) is 15.3. The molecule has 2 rings (SSSR count). The Morgan fingerprint density at radius 2 is 2.15 bits per heavy atom. The first-order valence-electron chi connectivity index (χ1n) is 6.77. The number of hydrogen-bond donors (Lipinski definition) is 1. The molecule has 0 amide bonds. The van der Waals surface area contributed by atoms with Gasteiger partial charge < -0.3 is 10.1 Å². The molecule has 0 aliphatic heterocycles. The minimum Gasteiger partial charge on any atom is -0.492 e. The highest BCUT2D eigenvalue weighted by Crippen LogP contribution is 2.30. The highest BCUT2D eigenvalue weighted by Gasteiger charge is 2.21. The van der Waals surface area contributed by atoms with Gasteiger partial charge in [-0.25, -0.2) is 8.42 Å². The number of benzene rings is 1. The van der Waals surface area contributed by atoms with Crippen molar-refractivity contribution in [2.24, 2.45) is 0 Å². The third-order valence-electron chi connectivity index (χ3n) is 3.11. The molecule has 4 nitrogen and oxygen atoms in total. The predicted octanol–water partition coefficient (Wildman–Crippen LogP) is 2.51. The quantitative estimate of drug-likeness (QED) is 0.722. The number of rotatable bonds is 8. The van der Waals surface area contributed by atoms with E-state index < -0.39 is 9.84 Å². The Balaban J connectivity index is 1.90. The second kappa shape index (κ2) is 6.91. The fourth-order valence-electron chi connectivity index (χ4n) is 1.89. The van der Waals surface area contributed by atoms with E-state index in [4.69, 9.17) is 4.74 Å². The molecule has 1 N–H and O–H groups in total. The van der Waals surface area contributed by atoms with Crippen LogP contribution in [0.5, 0.6) is 5.75 Å². The van der Waals surface area contributed by atoms with Crippen molar-refractivity contribution in [2.45, 2.75) is 31.8 Å². The molecule has 1 aromatic rings. The summed E-state index contributed by atoms with van der Waals surface area (Å²) < 4.78 is 28.8. The maximum atomic E-state index is 11.1. The second-order valence-corrected chi connectivity index (χ2v) is 8.33. The van der Waals surface area contributed by atoms with Gasteiger partial charge in [0.15, 0.2) is 0 Å². The summed E-state index contributed by atoms with van der Waals surface area (Å²) in [5.74, 6) is 0.974. The molecule has 0 radical (unpaired) electrons. The summed E-state index contributed by atoms with van der Waals surface area (Å²) in [6, 6.07) is 6.60. The molecular formula is C14H20BrNO3S. The first-order chi connectivity index (χ1) is 9.46. The van der Waals surface area contributed by atoms with E-state index in [-0.39, 0.29) is 5.75 Å². The van der Waals surface area contributed by atoms with Crippen molar-refractivity contribution in [3.05, 3.63) is 28.2 Å². The first kappa shape index (κ1) is 15.8. The predicted molar refractivity (Wildman–Crippen MR) is 83.8 cm³/mol. The molecule has 0 spiro atoms. The third kappa shape index (κ3) is 5.42. The largest absolute Gasteiger partial charge is 0.492 e. The fourth-order valence-corrected chi connectivity index (χ4v) is 3.06. The van der Waals surface area contributed by atoms with Crippen molar-refractivity contribution < 1.29 is 13.2 Å². The molecule has 0 atom stereocenters. The summed E-state index contributed by atoms with van der Waals surface area (Å²) in [6.07, 6.45) is 4.25. The first-order valence-corrected chi connectivity index (χ1v) is 9.62. The van der Waals surface area contributed by atoms with Crippen LogP contribution in [-0.4, -0.2) is 33.1 Å². The number of nitrogens with one attached hydrogen (secondary N) is 1. The van der Waals surface area contributed by atoms with Crippen molar-refractivity contribution in [2.75, 3.05) is 18.6 Å². The third-order valence-corrected chi connectivity index (χ3v) is 4.77. The smallest absolute Gasteiger partial charge is 0.147 e. The van der Waals surface area contributed by atoms with Crippen LogP contribution in [-0.2, 0) is 16.4 Å². The number of hydrogen-bond acceptors (Lipinski definition) is 4. The molecule has 112 valence electrons. The Bertz CT molecular complexity index is 556. The molecule has 1 aliphatic rings. The average molecular weight is 362 g/mol. The van der Waals surface area contributed by atoms with Gasteiger partial charge in [0.25, 0.3) is 0 Å². The van der Waals surface area contributed by atoms with E-state index in [0.717, 1.165) is 22.3 Å². The van der Waals surface area contributed by atoms with Crippen molar-refractivity contribution in [3.63, 3.8) is 0 Å². The van der Waals surface area contributed by atoms with Gasteiger partial charge in [-0.15, -0.1) is 0 Å². The Hall–Kier alpha value is -0.590. The highest BCUT2D eigenvalue weighted by molar-refractivity contribution is 9.10. The lowest BCUT2D eigenvalue weighted by molar-refractivity contribution is 0.311. The van der Waals surface area contributed by atoms with Crippen molar-refractivity contribution in [3.8, 4) is 5.75 Å². The van der Waals surface area contributed by atoms with Gasteiger partial charge in [0, 0.05) is 24.4 Å². The molecule has 0 aromatic heterocycles. The molecule has 1 saturated carbocycles. The van der Waals surface area contributed by atoms with Crippen molar-refractivity contribution in [1.29, 1.82) is 0 Å². The highest BCUT2D eigenvalue weighted by atomic mass is 79.9. The average Bonchev–Trinajstić information content (AvgIpc) is 3.17. The van der Waals surface area contributed by atoms with Crippen LogP contribution in [0.15, 0.2) is 22.7 Å². The van der Waals surface area contributed by atoms with Crippen LogP contribution in [0.2, 0.25) is 0 Å². The second-order valence-electron chi connectivity index (χ2n) is 5.22. The van der Waals surface area contributed by atoms with Gasteiger partial charge in [0.2, 0.25) is 0 Å². The van der Waals surface area contributed by atoms with Crippen LogP contribution in [0.25, 0.3) is 0 Å². The molecule has 1 aliphatic carbocycles. The van der Waals surface area contributed by atoms with E-state index in [2.05, 4.69) is 21.2 Å². The maximum Gasteiger partial charge on any atom is 0.147 e. The molecule has 1 fully saturated rings. The standard InChI is InChI=1S/C14H20BrNO3S/c1-20(17,18)9-3-8-19-14-11(4-2-5-13(14)15)10-16-12-6-7-12/h2,4-5,12,16H,3,6-10H2,1H3. The monoisotopic (exact) mass is 361 g/mol. The summed E-state index contributed by atoms with van der Waals surface area (Å²) in [6.45, 7) is 1.19. The topological polar surface area (TPSA) is 55.4 Å². The van der Waals surface area contributed by atoms with Gasteiger partial charge in [0.1, 0.15) is 15.6 Å². The van der Waals surface area contributed by atoms with Crippen LogP contribution in [0, 0.1) is 0 Å². The lowest BCUT2D eigenvalue weighted by Gasteiger charge is -2.13. The van der Waals surface area contributed by atoms with Gasteiger partial charge in [-0.1, -0.05) is 12.1 Å². The van der Waals surface area contributed by atoms with Gasteiger partial charge in [0.05, 0.1) is 16.8 Å². The van der Waals surface area contributed by atoms with E-state index in [9.17, 15) is 8.42 Å². The Morgan fingerprint density at radius 1 is 1.40 bits per heavy atom. The van der Waals surface area contributed by atoms with Crippen molar-refractivity contribution in [1.82, 2.24) is 5.32 Å². The lowest BCUT2D eigenvalue weighted by atomic mass is 10.2. The van der Waals surface area contributed by atoms with Crippen molar-refractivity contribution >= 4 is 25.8 Å². The van der Waals surface area contributed by atoms with E-state index >= 15 is 0 Å². The van der Waals surface area contributed by atoms with E-state index in [1.165, 1.54) is 19.1 Å². The number of halogens is 1. The summed E-state index contributed by atoms with van der Waals surface area (Å²) in [5.41, 5.74) is 1.10. The Morgan fingerprint density at radius 3 is 2.80 bits per heavy atom. The molecule has 0 bridgehead atoms.